The standard InChI is InChI=1S/2C14H11.2CH3.2ClH.H2Si.Zr/c2*1-10-8-12-7-6-11-4-2-3-5-13(11)14(12)9-10;;;;;;/h2*2-5,7-8H,9H2,1H3;2*1H3;2*1H;1H2;. The normalized spacial score (nSPS) is 14.7. The molecule has 4 heteroatoms. The molecule has 4 aromatic rings. The first-order chi connectivity index (χ1) is 15.2. The van der Waals surface area contributed by atoms with Crippen molar-refractivity contribution < 1.29 is 17.4 Å². The van der Waals surface area contributed by atoms with Crippen LogP contribution in [0.5, 0.6) is 0 Å². The number of halogens is 2. The molecule has 0 heterocycles. The second-order valence-electron chi connectivity index (χ2n) is 11.1. The molecule has 0 fully saturated rings. The molecule has 34 heavy (non-hydrogen) atoms. The fraction of sp³-hybridized carbons (Fsp3) is 0.200. The average Bonchev–Trinajstić information content (AvgIpc) is 3.33. The summed E-state index contributed by atoms with van der Waals surface area (Å²) in [5, 5.41) is 5.89. The van der Waals surface area contributed by atoms with Crippen LogP contribution in [0.25, 0.3) is 33.7 Å². The molecule has 0 aliphatic heterocycles. The van der Waals surface area contributed by atoms with E-state index in [2.05, 4.69) is 103 Å². The Labute approximate surface area is 217 Å². The van der Waals surface area contributed by atoms with Crippen molar-refractivity contribution >= 4 is 71.9 Å². The summed E-state index contributed by atoms with van der Waals surface area (Å²) >= 11 is -3.59. The van der Waals surface area contributed by atoms with Crippen molar-refractivity contribution in [2.45, 2.75) is 36.0 Å². The van der Waals surface area contributed by atoms with Gasteiger partial charge in [0.25, 0.3) is 0 Å². The minimum absolute atomic E-state index is 0. The molecule has 0 N–H and O–H groups in total. The van der Waals surface area contributed by atoms with Gasteiger partial charge in [-0.2, -0.15) is 0 Å². The van der Waals surface area contributed by atoms with Gasteiger partial charge >= 0.3 is 195 Å². The van der Waals surface area contributed by atoms with Gasteiger partial charge in [-0.25, -0.2) is 0 Å². The molecule has 0 nitrogen and oxygen atoms in total. The summed E-state index contributed by atoms with van der Waals surface area (Å²) in [6.07, 6.45) is 7.03. The zero-order chi connectivity index (χ0) is 22.3. The van der Waals surface area contributed by atoms with Crippen molar-refractivity contribution in [1.82, 2.24) is 0 Å². The van der Waals surface area contributed by atoms with Gasteiger partial charge in [-0.05, 0) is 0 Å². The molecule has 0 atom stereocenters. The van der Waals surface area contributed by atoms with Crippen molar-refractivity contribution in [2.24, 2.45) is 0 Å². The summed E-state index contributed by atoms with van der Waals surface area (Å²) in [4.78, 5) is 0. The molecule has 0 aromatic heterocycles. The van der Waals surface area contributed by atoms with Gasteiger partial charge in [-0.1, -0.05) is 0 Å². The molecule has 0 saturated carbocycles. The topological polar surface area (TPSA) is 0 Å². The van der Waals surface area contributed by atoms with Crippen molar-refractivity contribution in [3.8, 4) is 0 Å². The predicted molar refractivity (Wildman–Crippen MR) is 157 cm³/mol. The third-order valence-electron chi connectivity index (χ3n) is 7.82. The number of hydrogen-bond acceptors (Lipinski definition) is 0. The van der Waals surface area contributed by atoms with Crippen LogP contribution in [0.1, 0.15) is 36.1 Å². The van der Waals surface area contributed by atoms with E-state index < -0.39 is 17.4 Å². The van der Waals surface area contributed by atoms with Gasteiger partial charge in [0.05, 0.1) is 0 Å². The van der Waals surface area contributed by atoms with E-state index in [1.807, 2.05) is 0 Å². The third kappa shape index (κ3) is 3.73. The first-order valence-corrected chi connectivity index (χ1v) is 25.0. The second kappa shape index (κ2) is 8.59. The molecule has 6 rings (SSSR count). The van der Waals surface area contributed by atoms with Crippen LogP contribution in [-0.4, -0.2) is 6.88 Å². The molecule has 2 aliphatic rings. The average molecular weight is 583 g/mol. The predicted octanol–water partition coefficient (Wildman–Crippen LogP) is 7.04. The van der Waals surface area contributed by atoms with E-state index in [9.17, 15) is 0 Å². The van der Waals surface area contributed by atoms with E-state index in [0.29, 0.717) is 0 Å². The van der Waals surface area contributed by atoms with Crippen LogP contribution in [0.3, 0.4) is 0 Å². The van der Waals surface area contributed by atoms with Crippen LogP contribution >= 0.6 is 24.8 Å². The van der Waals surface area contributed by atoms with Gasteiger partial charge in [0.15, 0.2) is 0 Å². The van der Waals surface area contributed by atoms with Crippen LogP contribution in [0.15, 0.2) is 71.8 Å². The fourth-order valence-corrected chi connectivity index (χ4v) is 18.8. The second-order valence-corrected chi connectivity index (χ2v) is 39.5. The quantitative estimate of drug-likeness (QED) is 0.223. The SMILES string of the molecule is CC1=Cc2c[c]([Zr]([CH3])([CH3])(=[SiH2])[c]3cc4c(c5ccccc35)CC(C)=C4)c3ccccc3c2C1.Cl.Cl. The Bertz CT molecular complexity index is 1500. The number of rotatable bonds is 2. The van der Waals surface area contributed by atoms with Crippen molar-refractivity contribution in [3.63, 3.8) is 0 Å². The number of benzene rings is 4. The molecule has 4 aromatic carbocycles. The summed E-state index contributed by atoms with van der Waals surface area (Å²) < 4.78 is 8.57. The molecular formula is C30H32Cl2SiZr. The third-order valence-corrected chi connectivity index (χ3v) is 22.9. The van der Waals surface area contributed by atoms with Gasteiger partial charge in [0.1, 0.15) is 0 Å². The minimum Gasteiger partial charge on any atom is -0.147 e. The molecule has 2 aliphatic carbocycles. The first kappa shape index (κ1) is 25.6. The Balaban J connectivity index is 0.00000137. The van der Waals surface area contributed by atoms with Crippen LogP contribution in [0, 0.1) is 0 Å². The van der Waals surface area contributed by atoms with E-state index in [4.69, 9.17) is 0 Å². The maximum atomic E-state index is 2.65. The Kier molecular flexibility index (Phi) is 6.48. The fourth-order valence-electron chi connectivity index (χ4n) is 6.23. The number of fused-ring (bicyclic) bond motifs is 6. The summed E-state index contributed by atoms with van der Waals surface area (Å²) in [5.74, 6) is 0. The Morgan fingerprint density at radius 3 is 1.35 bits per heavy atom. The monoisotopic (exact) mass is 580 g/mol. The zero-order valence-corrected chi connectivity index (χ0v) is 25.9. The van der Waals surface area contributed by atoms with Gasteiger partial charge in [0, 0.05) is 0 Å². The van der Waals surface area contributed by atoms with E-state index in [1.54, 1.807) is 6.54 Å². The largest absolute Gasteiger partial charge is 0.147 e. The van der Waals surface area contributed by atoms with E-state index >= 15 is 0 Å². The van der Waals surface area contributed by atoms with Crippen molar-refractivity contribution in [2.75, 3.05) is 0 Å². The van der Waals surface area contributed by atoms with Gasteiger partial charge < -0.3 is 0 Å². The molecule has 0 spiro atoms. The van der Waals surface area contributed by atoms with Gasteiger partial charge in [-0.3, -0.25) is 0 Å². The van der Waals surface area contributed by atoms with Crippen LogP contribution in [0.2, 0.25) is 9.26 Å². The van der Waals surface area contributed by atoms with Crippen LogP contribution in [-0.2, 0) is 30.2 Å². The molecule has 0 radical (unpaired) electrons. The summed E-state index contributed by atoms with van der Waals surface area (Å²) in [6.45, 7) is 6.90. The Morgan fingerprint density at radius 2 is 0.971 bits per heavy atom. The molecule has 0 unspecified atom stereocenters. The number of hydrogen-bond donors (Lipinski definition) is 0. The summed E-state index contributed by atoms with van der Waals surface area (Å²) in [5.41, 5.74) is 8.90. The van der Waals surface area contributed by atoms with Gasteiger partial charge in [0.2, 0.25) is 0 Å². The Morgan fingerprint density at radius 1 is 0.618 bits per heavy atom. The molecular weight excluding hydrogens is 551 g/mol. The van der Waals surface area contributed by atoms with E-state index in [0.717, 1.165) is 12.8 Å². The number of allylic oxidation sites excluding steroid dienone is 2. The molecule has 0 saturated heterocycles. The zero-order valence-electron chi connectivity index (χ0n) is 20.4. The first-order valence-electron chi connectivity index (χ1n) is 11.7. The van der Waals surface area contributed by atoms with Gasteiger partial charge in [-0.15, -0.1) is 24.8 Å². The molecule has 0 amide bonds. The molecule has 174 valence electrons. The van der Waals surface area contributed by atoms with E-state index in [-0.39, 0.29) is 24.8 Å². The minimum atomic E-state index is -3.59. The Hall–Kier alpha value is -1.44. The van der Waals surface area contributed by atoms with Crippen LogP contribution in [0.4, 0.5) is 0 Å². The molecule has 0 bridgehead atoms. The van der Waals surface area contributed by atoms with Crippen LogP contribution < -0.4 is 6.54 Å². The van der Waals surface area contributed by atoms with E-state index in [1.165, 1.54) is 54.9 Å². The van der Waals surface area contributed by atoms with Crippen molar-refractivity contribution in [3.05, 3.63) is 94.1 Å². The maximum Gasteiger partial charge on any atom is -0.147 e. The summed E-state index contributed by atoms with van der Waals surface area (Å²) in [6, 6.07) is 23.5. The summed E-state index contributed by atoms with van der Waals surface area (Å²) in [7, 11) is 0. The smallest absolute Gasteiger partial charge is 0.147 e. The maximum absolute atomic E-state index is 3.59. The van der Waals surface area contributed by atoms with Crippen molar-refractivity contribution in [1.29, 1.82) is 0 Å².